The van der Waals surface area contributed by atoms with Gasteiger partial charge in [-0.25, -0.2) is 4.98 Å². The zero-order chi connectivity index (χ0) is 13.9. The van der Waals surface area contributed by atoms with Gasteiger partial charge in [-0.3, -0.25) is 10.1 Å². The zero-order valence-corrected chi connectivity index (χ0v) is 12.0. The summed E-state index contributed by atoms with van der Waals surface area (Å²) in [5.41, 5.74) is 2.48. The van der Waals surface area contributed by atoms with Gasteiger partial charge in [0.05, 0.1) is 10.2 Å². The number of halogens is 1. The van der Waals surface area contributed by atoms with Crippen LogP contribution < -0.4 is 5.32 Å². The van der Waals surface area contributed by atoms with Crippen LogP contribution in [0.5, 0.6) is 0 Å². The average molecular weight is 303 g/mol. The molecular weight excluding hydrogens is 292 g/mol. The maximum absolute atomic E-state index is 12.1. The highest BCUT2D eigenvalue weighted by Gasteiger charge is 2.09. The molecule has 0 aliphatic rings. The molecule has 2 aromatic carbocycles. The first-order valence-electron chi connectivity index (χ1n) is 6.08. The highest BCUT2D eigenvalue weighted by atomic mass is 35.5. The first-order valence-corrected chi connectivity index (χ1v) is 7.43. The second kappa shape index (κ2) is 5.61. The van der Waals surface area contributed by atoms with Crippen molar-refractivity contribution in [2.24, 2.45) is 0 Å². The highest BCUT2D eigenvalue weighted by Crippen LogP contribution is 2.25. The molecule has 1 amide bonds. The van der Waals surface area contributed by atoms with Crippen LogP contribution in [0.1, 0.15) is 15.9 Å². The minimum Gasteiger partial charge on any atom is -0.298 e. The van der Waals surface area contributed by atoms with E-state index in [0.717, 1.165) is 15.8 Å². The zero-order valence-electron chi connectivity index (χ0n) is 10.5. The van der Waals surface area contributed by atoms with Gasteiger partial charge in [0.15, 0.2) is 5.13 Å². The second-order valence-corrected chi connectivity index (χ2v) is 5.57. The molecule has 0 unspecified atom stereocenters. The molecule has 1 aromatic heterocycles. The topological polar surface area (TPSA) is 42.0 Å². The van der Waals surface area contributed by atoms with Gasteiger partial charge in [-0.1, -0.05) is 35.6 Å². The Balaban J connectivity index is 1.80. The Morgan fingerprint density at radius 3 is 2.60 bits per heavy atom. The lowest BCUT2D eigenvalue weighted by Crippen LogP contribution is -2.11. The number of anilines is 1. The van der Waals surface area contributed by atoms with E-state index in [0.29, 0.717) is 16.6 Å². The molecule has 1 heterocycles. The number of hydrogen-bond donors (Lipinski definition) is 1. The fourth-order valence-electron chi connectivity index (χ4n) is 1.84. The summed E-state index contributed by atoms with van der Waals surface area (Å²) < 4.78 is 1.06. The van der Waals surface area contributed by atoms with E-state index in [2.05, 4.69) is 10.3 Å². The number of aromatic nitrogens is 1. The largest absolute Gasteiger partial charge is 0.298 e. The molecule has 0 saturated carbocycles. The Morgan fingerprint density at radius 2 is 1.90 bits per heavy atom. The van der Waals surface area contributed by atoms with Gasteiger partial charge in [0, 0.05) is 11.4 Å². The third-order valence-electron chi connectivity index (χ3n) is 2.88. The molecule has 3 aromatic rings. The number of fused-ring (bicyclic) bond motifs is 1. The maximum atomic E-state index is 12.1. The van der Waals surface area contributed by atoms with Crippen LogP contribution >= 0.6 is 22.9 Å². The molecule has 0 saturated heterocycles. The lowest BCUT2D eigenvalue weighted by molar-refractivity contribution is 0.102. The summed E-state index contributed by atoms with van der Waals surface area (Å²) >= 11 is 7.19. The van der Waals surface area contributed by atoms with Gasteiger partial charge in [-0.2, -0.15) is 0 Å². The molecule has 0 fully saturated rings. The number of hydrogen-bond acceptors (Lipinski definition) is 3. The predicted octanol–water partition coefficient (Wildman–Crippen LogP) is 4.29. The van der Waals surface area contributed by atoms with Crippen LogP contribution in [0.2, 0.25) is 0 Å². The molecule has 100 valence electrons. The quantitative estimate of drug-likeness (QED) is 0.733. The van der Waals surface area contributed by atoms with Crippen molar-refractivity contribution in [3.05, 3.63) is 59.7 Å². The van der Waals surface area contributed by atoms with Crippen molar-refractivity contribution >= 4 is 44.2 Å². The van der Waals surface area contributed by atoms with Crippen LogP contribution in [-0.2, 0) is 5.88 Å². The Kier molecular flexibility index (Phi) is 3.67. The van der Waals surface area contributed by atoms with E-state index in [1.54, 1.807) is 12.1 Å². The molecule has 0 bridgehead atoms. The number of rotatable bonds is 3. The molecule has 0 spiro atoms. The Labute approximate surface area is 125 Å². The van der Waals surface area contributed by atoms with Gasteiger partial charge in [-0.05, 0) is 29.8 Å². The van der Waals surface area contributed by atoms with E-state index in [1.165, 1.54) is 11.3 Å². The Hall–Kier alpha value is -1.91. The third-order valence-corrected chi connectivity index (χ3v) is 4.15. The first kappa shape index (κ1) is 13.1. The molecule has 0 aliphatic heterocycles. The highest BCUT2D eigenvalue weighted by molar-refractivity contribution is 7.22. The van der Waals surface area contributed by atoms with Gasteiger partial charge in [0.1, 0.15) is 0 Å². The number of carbonyl (C=O) groups is 1. The molecule has 3 rings (SSSR count). The normalized spacial score (nSPS) is 10.7. The molecule has 0 aliphatic carbocycles. The Bertz CT molecular complexity index is 719. The summed E-state index contributed by atoms with van der Waals surface area (Å²) in [6.07, 6.45) is 0. The fourth-order valence-corrected chi connectivity index (χ4v) is 2.88. The summed E-state index contributed by atoms with van der Waals surface area (Å²) in [4.78, 5) is 16.5. The summed E-state index contributed by atoms with van der Waals surface area (Å²) in [6, 6.07) is 15.0. The van der Waals surface area contributed by atoms with Crippen LogP contribution in [0.3, 0.4) is 0 Å². The van der Waals surface area contributed by atoms with E-state index in [-0.39, 0.29) is 5.91 Å². The molecular formula is C15H11ClN2OS. The van der Waals surface area contributed by atoms with Crippen LogP contribution in [-0.4, -0.2) is 10.9 Å². The van der Waals surface area contributed by atoms with Crippen molar-refractivity contribution in [2.45, 2.75) is 5.88 Å². The number of nitrogens with one attached hydrogen (secondary N) is 1. The number of nitrogens with zero attached hydrogens (tertiary/aromatic N) is 1. The van der Waals surface area contributed by atoms with Gasteiger partial charge >= 0.3 is 0 Å². The summed E-state index contributed by atoms with van der Waals surface area (Å²) in [5.74, 6) is 0.282. The number of amides is 1. The SMILES string of the molecule is O=C(Nc1nc2ccccc2s1)c1ccc(CCl)cc1. The Morgan fingerprint density at radius 1 is 1.15 bits per heavy atom. The van der Waals surface area contributed by atoms with Crippen LogP contribution in [0.25, 0.3) is 10.2 Å². The minimum atomic E-state index is -0.162. The molecule has 0 radical (unpaired) electrons. The third kappa shape index (κ3) is 2.66. The summed E-state index contributed by atoms with van der Waals surface area (Å²) in [7, 11) is 0. The van der Waals surface area contributed by atoms with Crippen LogP contribution in [0, 0.1) is 0 Å². The van der Waals surface area contributed by atoms with E-state index >= 15 is 0 Å². The first-order chi connectivity index (χ1) is 9.76. The smallest absolute Gasteiger partial charge is 0.257 e. The standard InChI is InChI=1S/C15H11ClN2OS/c16-9-10-5-7-11(8-6-10)14(19)18-15-17-12-3-1-2-4-13(12)20-15/h1-8H,9H2,(H,17,18,19). The van der Waals surface area contributed by atoms with Crippen molar-refractivity contribution < 1.29 is 4.79 Å². The van der Waals surface area contributed by atoms with E-state index in [4.69, 9.17) is 11.6 Å². The molecule has 0 atom stereocenters. The molecule has 20 heavy (non-hydrogen) atoms. The lowest BCUT2D eigenvalue weighted by atomic mass is 10.1. The van der Waals surface area contributed by atoms with Crippen LogP contribution in [0.4, 0.5) is 5.13 Å². The van der Waals surface area contributed by atoms with Crippen molar-refractivity contribution in [1.82, 2.24) is 4.98 Å². The lowest BCUT2D eigenvalue weighted by Gasteiger charge is -2.02. The predicted molar refractivity (Wildman–Crippen MR) is 83.6 cm³/mol. The molecule has 3 nitrogen and oxygen atoms in total. The summed E-state index contributed by atoms with van der Waals surface area (Å²) in [6.45, 7) is 0. The number of benzene rings is 2. The molecule has 1 N–H and O–H groups in total. The van der Waals surface area contributed by atoms with Crippen LogP contribution in [0.15, 0.2) is 48.5 Å². The summed E-state index contributed by atoms with van der Waals surface area (Å²) in [5, 5.41) is 3.43. The number of para-hydroxylation sites is 1. The fraction of sp³-hybridized carbons (Fsp3) is 0.0667. The van der Waals surface area contributed by atoms with E-state index in [1.807, 2.05) is 36.4 Å². The van der Waals surface area contributed by atoms with Crippen molar-refractivity contribution in [1.29, 1.82) is 0 Å². The van der Waals surface area contributed by atoms with Gasteiger partial charge in [-0.15, -0.1) is 11.6 Å². The van der Waals surface area contributed by atoms with Crippen molar-refractivity contribution in [2.75, 3.05) is 5.32 Å². The van der Waals surface area contributed by atoms with E-state index in [9.17, 15) is 4.79 Å². The van der Waals surface area contributed by atoms with Gasteiger partial charge in [0.25, 0.3) is 5.91 Å². The second-order valence-electron chi connectivity index (χ2n) is 4.27. The van der Waals surface area contributed by atoms with E-state index < -0.39 is 0 Å². The van der Waals surface area contributed by atoms with Crippen molar-refractivity contribution in [3.8, 4) is 0 Å². The monoisotopic (exact) mass is 302 g/mol. The molecule has 5 heteroatoms. The van der Waals surface area contributed by atoms with Gasteiger partial charge in [0.2, 0.25) is 0 Å². The number of thiazole rings is 1. The average Bonchev–Trinajstić information content (AvgIpc) is 2.89. The number of alkyl halides is 1. The van der Waals surface area contributed by atoms with Crippen molar-refractivity contribution in [3.63, 3.8) is 0 Å². The van der Waals surface area contributed by atoms with Gasteiger partial charge < -0.3 is 0 Å². The number of carbonyl (C=O) groups excluding carboxylic acids is 1. The minimum absolute atomic E-state index is 0.162. The maximum Gasteiger partial charge on any atom is 0.257 e.